The van der Waals surface area contributed by atoms with Crippen molar-refractivity contribution in [2.75, 3.05) is 40.4 Å². The first-order valence-corrected chi connectivity index (χ1v) is 10.6. The second-order valence-electron chi connectivity index (χ2n) is 7.05. The lowest BCUT2D eigenvalue weighted by atomic mass is 10.1. The highest BCUT2D eigenvalue weighted by Gasteiger charge is 2.18. The summed E-state index contributed by atoms with van der Waals surface area (Å²) in [7, 11) is 3.90. The van der Waals surface area contributed by atoms with Gasteiger partial charge in [0.05, 0.1) is 34.3 Å². The monoisotopic (exact) mass is 484 g/mol. The number of hydrogen-bond acceptors (Lipinski definition) is 6. The number of carbonyl (C=O) groups excluding carboxylic acids is 1. The summed E-state index contributed by atoms with van der Waals surface area (Å²) in [5.74, 6) is 0.623. The smallest absolute Gasteiger partial charge is 0.260 e. The molecule has 0 fully saturated rings. The Balaban J connectivity index is 2.16. The zero-order valence-electron chi connectivity index (χ0n) is 17.9. The lowest BCUT2D eigenvalue weighted by molar-refractivity contribution is -0.134. The predicted molar refractivity (Wildman–Crippen MR) is 121 cm³/mol. The number of nitrogens with zero attached hydrogens (tertiary/aromatic N) is 4. The highest BCUT2D eigenvalue weighted by molar-refractivity contribution is 9.10. The van der Waals surface area contributed by atoms with Gasteiger partial charge < -0.3 is 19.3 Å². The van der Waals surface area contributed by atoms with Crippen molar-refractivity contribution in [3.8, 4) is 23.6 Å². The minimum atomic E-state index is -0.176. The van der Waals surface area contributed by atoms with Crippen LogP contribution in [0.1, 0.15) is 23.6 Å². The molecule has 1 amide bonds. The fourth-order valence-corrected chi connectivity index (χ4v) is 3.33. The van der Waals surface area contributed by atoms with Crippen LogP contribution in [0.5, 0.6) is 11.5 Å². The van der Waals surface area contributed by atoms with Crippen molar-refractivity contribution in [1.82, 2.24) is 9.80 Å². The maximum Gasteiger partial charge on any atom is 0.260 e. The van der Waals surface area contributed by atoms with E-state index in [1.807, 2.05) is 38.1 Å². The average molecular weight is 485 g/mol. The van der Waals surface area contributed by atoms with Crippen molar-refractivity contribution in [3.63, 3.8) is 0 Å². The number of carbonyl (C=O) groups is 1. The zero-order chi connectivity index (χ0) is 22.8. The molecule has 0 saturated carbocycles. The van der Waals surface area contributed by atoms with E-state index in [0.717, 1.165) is 5.56 Å². The quantitative estimate of drug-likeness (QED) is 0.511. The molecule has 0 atom stereocenters. The van der Waals surface area contributed by atoms with Gasteiger partial charge in [0.2, 0.25) is 0 Å². The van der Waals surface area contributed by atoms with Crippen molar-refractivity contribution in [2.24, 2.45) is 0 Å². The normalized spacial score (nSPS) is 10.3. The van der Waals surface area contributed by atoms with E-state index in [9.17, 15) is 4.79 Å². The highest BCUT2D eigenvalue weighted by atomic mass is 79.9. The second-order valence-corrected chi connectivity index (χ2v) is 7.90. The molecule has 31 heavy (non-hydrogen) atoms. The van der Waals surface area contributed by atoms with Gasteiger partial charge >= 0.3 is 0 Å². The number of ether oxygens (including phenoxy) is 2. The number of nitriles is 2. The summed E-state index contributed by atoms with van der Waals surface area (Å²) in [6.45, 7) is 3.71. The molecule has 0 spiro atoms. The van der Waals surface area contributed by atoms with Gasteiger partial charge in [-0.15, -0.1) is 0 Å². The molecule has 0 aliphatic heterocycles. The molecule has 0 aliphatic rings. The van der Waals surface area contributed by atoms with Crippen LogP contribution < -0.4 is 9.47 Å². The fourth-order valence-electron chi connectivity index (χ4n) is 2.78. The molecule has 8 heteroatoms. The SMILES string of the molecule is CCOc1cc(C#N)cc(Br)c1OCC(=O)N(CCN(C)C)Cc1ccc(C#N)cc1. The van der Waals surface area contributed by atoms with E-state index in [-0.39, 0.29) is 12.5 Å². The number of benzene rings is 2. The second kappa shape index (κ2) is 11.9. The van der Waals surface area contributed by atoms with E-state index >= 15 is 0 Å². The largest absolute Gasteiger partial charge is 0.490 e. The Morgan fingerprint density at radius 3 is 2.29 bits per heavy atom. The number of likely N-dealkylation sites (N-methyl/N-ethyl adjacent to an activating group) is 1. The van der Waals surface area contributed by atoms with E-state index < -0.39 is 0 Å². The van der Waals surface area contributed by atoms with Gasteiger partial charge in [0.25, 0.3) is 5.91 Å². The Bertz CT molecular complexity index is 978. The molecular formula is C23H25BrN4O3. The van der Waals surface area contributed by atoms with Crippen LogP contribution in [0.15, 0.2) is 40.9 Å². The molecule has 0 bridgehead atoms. The van der Waals surface area contributed by atoms with E-state index in [0.29, 0.717) is 53.3 Å². The highest BCUT2D eigenvalue weighted by Crippen LogP contribution is 2.36. The van der Waals surface area contributed by atoms with Gasteiger partial charge in [-0.25, -0.2) is 0 Å². The molecule has 2 aromatic carbocycles. The first kappa shape index (κ1) is 24.2. The van der Waals surface area contributed by atoms with Gasteiger partial charge in [0, 0.05) is 25.7 Å². The molecule has 2 rings (SSSR count). The van der Waals surface area contributed by atoms with Crippen molar-refractivity contribution in [3.05, 3.63) is 57.6 Å². The number of hydrogen-bond donors (Lipinski definition) is 0. The standard InChI is InChI=1S/C23H25BrN4O3/c1-4-30-21-12-19(14-26)11-20(24)23(21)31-16-22(29)28(10-9-27(2)3)15-18-7-5-17(13-25)6-8-18/h5-8,11-12H,4,9-10,15-16H2,1-3H3. The van der Waals surface area contributed by atoms with Crippen molar-refractivity contribution in [2.45, 2.75) is 13.5 Å². The van der Waals surface area contributed by atoms with Gasteiger partial charge in [-0.2, -0.15) is 10.5 Å². The molecule has 0 saturated heterocycles. The molecule has 0 radical (unpaired) electrons. The summed E-state index contributed by atoms with van der Waals surface area (Å²) >= 11 is 3.40. The van der Waals surface area contributed by atoms with E-state index in [1.54, 1.807) is 29.2 Å². The number of halogens is 1. The summed E-state index contributed by atoms with van der Waals surface area (Å²) in [5, 5.41) is 18.1. The fraction of sp³-hybridized carbons (Fsp3) is 0.348. The summed E-state index contributed by atoms with van der Waals surface area (Å²) in [6.07, 6.45) is 0. The summed E-state index contributed by atoms with van der Waals surface area (Å²) in [4.78, 5) is 16.7. The third-order valence-electron chi connectivity index (χ3n) is 4.40. The molecule has 0 aromatic heterocycles. The van der Waals surface area contributed by atoms with Gasteiger partial charge in [-0.1, -0.05) is 12.1 Å². The Morgan fingerprint density at radius 1 is 1.03 bits per heavy atom. The van der Waals surface area contributed by atoms with Gasteiger partial charge in [0.1, 0.15) is 0 Å². The minimum absolute atomic E-state index is 0.172. The topological polar surface area (TPSA) is 89.6 Å². The Labute approximate surface area is 191 Å². The van der Waals surface area contributed by atoms with E-state index in [4.69, 9.17) is 20.0 Å². The average Bonchev–Trinajstić information content (AvgIpc) is 2.76. The molecule has 2 aromatic rings. The van der Waals surface area contributed by atoms with Crippen LogP contribution in [0.25, 0.3) is 0 Å². The predicted octanol–water partition coefficient (Wildman–Crippen LogP) is 3.56. The number of rotatable bonds is 10. The molecule has 0 aliphatic carbocycles. The third-order valence-corrected chi connectivity index (χ3v) is 4.99. The first-order chi connectivity index (χ1) is 14.9. The lowest BCUT2D eigenvalue weighted by Crippen LogP contribution is -2.39. The van der Waals surface area contributed by atoms with Gasteiger partial charge in [0.15, 0.2) is 18.1 Å². The molecule has 0 unspecified atom stereocenters. The zero-order valence-corrected chi connectivity index (χ0v) is 19.5. The summed E-state index contributed by atoms with van der Waals surface area (Å²) in [6, 6.07) is 14.6. The Morgan fingerprint density at radius 2 is 1.71 bits per heavy atom. The lowest BCUT2D eigenvalue weighted by Gasteiger charge is -2.25. The van der Waals surface area contributed by atoms with Crippen LogP contribution in [0.2, 0.25) is 0 Å². The van der Waals surface area contributed by atoms with Crippen LogP contribution in [0, 0.1) is 22.7 Å². The Kier molecular flexibility index (Phi) is 9.33. The minimum Gasteiger partial charge on any atom is -0.490 e. The van der Waals surface area contributed by atoms with Crippen molar-refractivity contribution < 1.29 is 14.3 Å². The van der Waals surface area contributed by atoms with E-state index in [2.05, 4.69) is 28.1 Å². The van der Waals surface area contributed by atoms with Gasteiger partial charge in [-0.05, 0) is 60.7 Å². The molecule has 162 valence electrons. The summed E-state index contributed by atoms with van der Waals surface area (Å²) in [5.41, 5.74) is 1.94. The summed E-state index contributed by atoms with van der Waals surface area (Å²) < 4.78 is 12.0. The van der Waals surface area contributed by atoms with Crippen LogP contribution in [-0.4, -0.2) is 56.1 Å². The number of amides is 1. The Hall–Kier alpha value is -3.07. The molecule has 7 nitrogen and oxygen atoms in total. The van der Waals surface area contributed by atoms with Crippen LogP contribution in [0.3, 0.4) is 0 Å². The van der Waals surface area contributed by atoms with Gasteiger partial charge in [-0.3, -0.25) is 4.79 Å². The maximum atomic E-state index is 13.0. The third kappa shape index (κ3) is 7.29. The van der Waals surface area contributed by atoms with Crippen LogP contribution >= 0.6 is 15.9 Å². The van der Waals surface area contributed by atoms with Crippen LogP contribution in [-0.2, 0) is 11.3 Å². The van der Waals surface area contributed by atoms with Crippen LogP contribution in [0.4, 0.5) is 0 Å². The molecule has 0 N–H and O–H groups in total. The first-order valence-electron chi connectivity index (χ1n) is 9.78. The van der Waals surface area contributed by atoms with Crippen molar-refractivity contribution in [1.29, 1.82) is 10.5 Å². The van der Waals surface area contributed by atoms with E-state index in [1.165, 1.54) is 0 Å². The molecule has 0 heterocycles. The van der Waals surface area contributed by atoms with Crippen molar-refractivity contribution >= 4 is 21.8 Å². The maximum absolute atomic E-state index is 13.0. The molecular weight excluding hydrogens is 460 g/mol.